The van der Waals surface area contributed by atoms with Gasteiger partial charge in [-0.2, -0.15) is 0 Å². The van der Waals surface area contributed by atoms with Crippen LogP contribution in [0.25, 0.3) is 0 Å². The van der Waals surface area contributed by atoms with Crippen molar-refractivity contribution in [2.75, 3.05) is 11.5 Å². The van der Waals surface area contributed by atoms with Crippen LogP contribution in [-0.2, 0) is 0 Å². The number of hydrogen-bond donors (Lipinski definition) is 0. The zero-order valence-corrected chi connectivity index (χ0v) is 12.6. The van der Waals surface area contributed by atoms with Gasteiger partial charge in [0.15, 0.2) is 0 Å². The molecule has 0 aromatic carbocycles. The second kappa shape index (κ2) is 5.23. The van der Waals surface area contributed by atoms with Crippen LogP contribution in [0, 0.1) is 0 Å². The standard InChI is InChI=1S/C7H12S2Te2/c1-6(8-1)3-10-5-11-4-7-2-9-7/h6-7H,1-5H2. The van der Waals surface area contributed by atoms with Crippen molar-refractivity contribution in [2.24, 2.45) is 0 Å². The van der Waals surface area contributed by atoms with Crippen molar-refractivity contribution in [3.05, 3.63) is 0 Å². The van der Waals surface area contributed by atoms with Gasteiger partial charge in [-0.05, 0) is 0 Å². The summed E-state index contributed by atoms with van der Waals surface area (Å²) >= 11 is 5.40. The Kier molecular flexibility index (Phi) is 4.67. The summed E-state index contributed by atoms with van der Waals surface area (Å²) < 4.78 is 5.08. The summed E-state index contributed by atoms with van der Waals surface area (Å²) in [4.78, 5) is 0. The van der Waals surface area contributed by atoms with Crippen LogP contribution < -0.4 is 0 Å². The quantitative estimate of drug-likeness (QED) is 0.369. The van der Waals surface area contributed by atoms with Crippen LogP contribution in [0.5, 0.6) is 0 Å². The van der Waals surface area contributed by atoms with Crippen LogP contribution in [0.1, 0.15) is 0 Å². The van der Waals surface area contributed by atoms with Crippen molar-refractivity contribution in [1.29, 1.82) is 0 Å². The van der Waals surface area contributed by atoms with Gasteiger partial charge in [0.1, 0.15) is 0 Å². The van der Waals surface area contributed by atoms with Gasteiger partial charge in [0.05, 0.1) is 0 Å². The molecular weight excluding hydrogens is 403 g/mol. The molecule has 0 saturated carbocycles. The number of thioether (sulfide) groups is 2. The molecule has 64 valence electrons. The molecule has 2 heterocycles. The summed E-state index contributed by atoms with van der Waals surface area (Å²) in [7, 11) is 0. The Bertz CT molecular complexity index is 110. The van der Waals surface area contributed by atoms with E-state index in [0.29, 0.717) is 41.8 Å². The summed E-state index contributed by atoms with van der Waals surface area (Å²) in [6.07, 6.45) is 0. The predicted molar refractivity (Wildman–Crippen MR) is 58.4 cm³/mol. The van der Waals surface area contributed by atoms with Crippen molar-refractivity contribution in [1.82, 2.24) is 0 Å². The molecule has 2 unspecified atom stereocenters. The van der Waals surface area contributed by atoms with Gasteiger partial charge >= 0.3 is 98.8 Å². The molecule has 0 nitrogen and oxygen atoms in total. The van der Waals surface area contributed by atoms with Crippen molar-refractivity contribution >= 4 is 65.4 Å². The van der Waals surface area contributed by atoms with Crippen LogP contribution in [-0.4, -0.2) is 63.9 Å². The second-order valence-electron chi connectivity index (χ2n) is 2.77. The molecule has 0 amide bonds. The second-order valence-corrected chi connectivity index (χ2v) is 14.9. The average molecular weight is 416 g/mol. The molecule has 2 aliphatic heterocycles. The van der Waals surface area contributed by atoms with Gasteiger partial charge in [0.25, 0.3) is 0 Å². The van der Waals surface area contributed by atoms with Crippen molar-refractivity contribution < 1.29 is 0 Å². The third-order valence-electron chi connectivity index (χ3n) is 1.58. The van der Waals surface area contributed by atoms with E-state index in [1.807, 2.05) is 0 Å². The normalized spacial score (nSPS) is 33.8. The van der Waals surface area contributed by atoms with E-state index in [-0.39, 0.29) is 0 Å². The van der Waals surface area contributed by atoms with E-state index >= 15 is 0 Å². The van der Waals surface area contributed by atoms with Gasteiger partial charge in [-0.25, -0.2) is 0 Å². The molecule has 2 aliphatic rings. The molecule has 2 atom stereocenters. The van der Waals surface area contributed by atoms with Crippen molar-refractivity contribution in [3.63, 3.8) is 0 Å². The Morgan fingerprint density at radius 2 is 1.45 bits per heavy atom. The molecule has 2 fully saturated rings. The Morgan fingerprint density at radius 1 is 1.00 bits per heavy atom. The minimum atomic E-state index is 0.510. The van der Waals surface area contributed by atoms with Crippen LogP contribution in [0.3, 0.4) is 0 Å². The Balaban J connectivity index is 1.35. The first-order valence-corrected chi connectivity index (χ1v) is 12.5. The van der Waals surface area contributed by atoms with E-state index < -0.39 is 0 Å². The Morgan fingerprint density at radius 3 is 1.82 bits per heavy atom. The third kappa shape index (κ3) is 4.90. The van der Waals surface area contributed by atoms with Gasteiger partial charge in [-0.1, -0.05) is 0 Å². The fourth-order valence-electron chi connectivity index (χ4n) is 0.747. The first-order valence-electron chi connectivity index (χ1n) is 3.84. The van der Waals surface area contributed by atoms with E-state index in [4.69, 9.17) is 0 Å². The van der Waals surface area contributed by atoms with Crippen LogP contribution in [0.15, 0.2) is 0 Å². The molecular formula is C7H12S2Te2. The Labute approximate surface area is 97.6 Å². The molecule has 0 aromatic rings. The third-order valence-corrected chi connectivity index (χ3v) is 15.8. The monoisotopic (exact) mass is 420 g/mol. The fraction of sp³-hybridized carbons (Fsp3) is 1.00. The molecule has 2 rings (SSSR count). The molecule has 0 aromatic heterocycles. The molecule has 0 radical (unpaired) electrons. The molecule has 0 spiro atoms. The SMILES string of the molecule is C([Te]CC1CS1)[Te]CC1CS1. The van der Waals surface area contributed by atoms with Crippen molar-refractivity contribution in [3.8, 4) is 0 Å². The number of rotatable bonds is 6. The van der Waals surface area contributed by atoms with E-state index in [1.165, 1.54) is 11.5 Å². The molecule has 4 heteroatoms. The first-order chi connectivity index (χ1) is 5.45. The van der Waals surface area contributed by atoms with Crippen LogP contribution in [0.4, 0.5) is 0 Å². The maximum absolute atomic E-state index is 2.19. The van der Waals surface area contributed by atoms with Gasteiger partial charge in [0, 0.05) is 0 Å². The summed E-state index contributed by atoms with van der Waals surface area (Å²) in [6, 6.07) is 0. The van der Waals surface area contributed by atoms with Gasteiger partial charge < -0.3 is 0 Å². The van der Waals surface area contributed by atoms with Gasteiger partial charge in [-0.15, -0.1) is 0 Å². The Hall–Kier alpha value is 2.28. The van der Waals surface area contributed by atoms with E-state index in [0.717, 1.165) is 10.5 Å². The van der Waals surface area contributed by atoms with Gasteiger partial charge in [0.2, 0.25) is 0 Å². The topological polar surface area (TPSA) is 0 Å². The van der Waals surface area contributed by atoms with E-state index in [2.05, 4.69) is 23.5 Å². The predicted octanol–water partition coefficient (Wildman–Crippen LogP) is 1.84. The molecule has 2 saturated heterocycles. The summed E-state index contributed by atoms with van der Waals surface area (Å²) in [5.74, 6) is 3.01. The summed E-state index contributed by atoms with van der Waals surface area (Å²) in [5.41, 5.74) is 0. The zero-order valence-electron chi connectivity index (χ0n) is 6.32. The van der Waals surface area contributed by atoms with E-state index in [9.17, 15) is 0 Å². The zero-order chi connectivity index (χ0) is 7.52. The number of hydrogen-bond acceptors (Lipinski definition) is 2. The minimum absolute atomic E-state index is 0.510. The van der Waals surface area contributed by atoms with Crippen LogP contribution >= 0.6 is 23.5 Å². The fourth-order valence-corrected chi connectivity index (χ4v) is 14.3. The first kappa shape index (κ1) is 9.82. The molecule has 11 heavy (non-hydrogen) atoms. The molecule has 0 aliphatic carbocycles. The van der Waals surface area contributed by atoms with Crippen LogP contribution in [0.2, 0.25) is 11.5 Å². The van der Waals surface area contributed by atoms with Crippen molar-refractivity contribution in [2.45, 2.75) is 22.0 Å². The molecule has 0 N–H and O–H groups in total. The average Bonchev–Trinajstić information content (AvgIpc) is 2.83. The summed E-state index contributed by atoms with van der Waals surface area (Å²) in [6.45, 7) is 0. The maximum atomic E-state index is 2.19. The van der Waals surface area contributed by atoms with Gasteiger partial charge in [-0.3, -0.25) is 0 Å². The van der Waals surface area contributed by atoms with E-state index in [1.54, 1.807) is 11.5 Å². The summed E-state index contributed by atoms with van der Waals surface area (Å²) in [5, 5.41) is 2.31. The molecule has 0 bridgehead atoms.